The number of nitrogens with one attached hydrogen (secondary N) is 1. The van der Waals surface area contributed by atoms with Crippen molar-refractivity contribution >= 4 is 15.7 Å². The number of rotatable bonds is 3. The number of phenols is 1. The number of aromatic hydroxyl groups is 1. The van der Waals surface area contributed by atoms with Gasteiger partial charge in [-0.1, -0.05) is 0 Å². The molecule has 0 spiro atoms. The SMILES string of the molecule is O=S(=O)(c1cn[nH]c1)N1CCN(c2ccc(O)cc2)CC1. The predicted molar refractivity (Wildman–Crippen MR) is 77.7 cm³/mol. The summed E-state index contributed by atoms with van der Waals surface area (Å²) in [6, 6.07) is 6.92. The standard InChI is InChI=1S/C13H16N4O3S/c18-12-3-1-11(2-4-12)16-5-7-17(8-6-16)21(19,20)13-9-14-15-10-13/h1-4,9-10,18H,5-8H2,(H,14,15). The number of aromatic amines is 1. The van der Waals surface area contributed by atoms with Gasteiger partial charge in [0.2, 0.25) is 10.0 Å². The number of sulfonamides is 1. The lowest BCUT2D eigenvalue weighted by Crippen LogP contribution is -2.48. The van der Waals surface area contributed by atoms with Crippen molar-refractivity contribution in [3.63, 3.8) is 0 Å². The Morgan fingerprint density at radius 2 is 1.76 bits per heavy atom. The van der Waals surface area contributed by atoms with Gasteiger partial charge in [-0.05, 0) is 24.3 Å². The summed E-state index contributed by atoms with van der Waals surface area (Å²) in [5, 5.41) is 15.5. The van der Waals surface area contributed by atoms with E-state index >= 15 is 0 Å². The Hall–Kier alpha value is -2.06. The summed E-state index contributed by atoms with van der Waals surface area (Å²) >= 11 is 0. The van der Waals surface area contributed by atoms with Gasteiger partial charge in [-0.15, -0.1) is 0 Å². The van der Waals surface area contributed by atoms with Crippen LogP contribution in [0, 0.1) is 0 Å². The van der Waals surface area contributed by atoms with Crippen LogP contribution in [0.25, 0.3) is 0 Å². The molecule has 1 aromatic heterocycles. The van der Waals surface area contributed by atoms with E-state index < -0.39 is 10.0 Å². The molecule has 0 saturated carbocycles. The van der Waals surface area contributed by atoms with Crippen molar-refractivity contribution in [3.8, 4) is 5.75 Å². The number of anilines is 1. The summed E-state index contributed by atoms with van der Waals surface area (Å²) in [5.41, 5.74) is 0.980. The van der Waals surface area contributed by atoms with Gasteiger partial charge < -0.3 is 10.0 Å². The van der Waals surface area contributed by atoms with Crippen LogP contribution in [0.5, 0.6) is 5.75 Å². The van der Waals surface area contributed by atoms with Gasteiger partial charge >= 0.3 is 0 Å². The molecule has 0 radical (unpaired) electrons. The Morgan fingerprint density at radius 1 is 1.10 bits per heavy atom. The van der Waals surface area contributed by atoms with Gasteiger partial charge in [-0.25, -0.2) is 8.42 Å². The molecule has 0 bridgehead atoms. The first-order chi connectivity index (χ1) is 10.1. The first-order valence-corrected chi connectivity index (χ1v) is 8.04. The van der Waals surface area contributed by atoms with Crippen LogP contribution in [0.2, 0.25) is 0 Å². The molecule has 21 heavy (non-hydrogen) atoms. The van der Waals surface area contributed by atoms with E-state index in [0.717, 1.165) is 5.69 Å². The van der Waals surface area contributed by atoms with Gasteiger partial charge in [-0.2, -0.15) is 9.40 Å². The molecule has 7 nitrogen and oxygen atoms in total. The molecule has 8 heteroatoms. The van der Waals surface area contributed by atoms with Gasteiger partial charge in [-0.3, -0.25) is 5.10 Å². The minimum Gasteiger partial charge on any atom is -0.508 e. The van der Waals surface area contributed by atoms with Crippen LogP contribution in [0.3, 0.4) is 0 Å². The fraction of sp³-hybridized carbons (Fsp3) is 0.308. The van der Waals surface area contributed by atoms with E-state index in [9.17, 15) is 13.5 Å². The topological polar surface area (TPSA) is 89.5 Å². The predicted octanol–water partition coefficient (Wildman–Crippen LogP) is 0.626. The first kappa shape index (κ1) is 13.9. The highest BCUT2D eigenvalue weighted by Crippen LogP contribution is 2.22. The van der Waals surface area contributed by atoms with Crippen molar-refractivity contribution in [2.24, 2.45) is 0 Å². The molecule has 0 amide bonds. The van der Waals surface area contributed by atoms with Crippen LogP contribution < -0.4 is 4.90 Å². The first-order valence-electron chi connectivity index (χ1n) is 6.60. The third-order valence-electron chi connectivity index (χ3n) is 3.56. The maximum absolute atomic E-state index is 12.4. The number of phenolic OH excluding ortho intramolecular Hbond substituents is 1. The smallest absolute Gasteiger partial charge is 0.246 e. The number of benzene rings is 1. The lowest BCUT2D eigenvalue weighted by molar-refractivity contribution is 0.385. The zero-order chi connectivity index (χ0) is 14.9. The molecule has 0 atom stereocenters. The number of nitrogens with zero attached hydrogens (tertiary/aromatic N) is 3. The molecule has 1 aliphatic heterocycles. The normalized spacial score (nSPS) is 17.0. The van der Waals surface area contributed by atoms with E-state index in [4.69, 9.17) is 0 Å². The summed E-state index contributed by atoms with van der Waals surface area (Å²) in [4.78, 5) is 2.29. The van der Waals surface area contributed by atoms with Crippen LogP contribution in [-0.4, -0.2) is 54.2 Å². The lowest BCUT2D eigenvalue weighted by Gasteiger charge is -2.35. The minimum absolute atomic E-state index is 0.195. The van der Waals surface area contributed by atoms with Crippen LogP contribution in [0.1, 0.15) is 0 Å². The Bertz CT molecular complexity index is 690. The van der Waals surface area contributed by atoms with Gasteiger partial charge in [0.05, 0.1) is 6.20 Å². The van der Waals surface area contributed by atoms with Crippen LogP contribution >= 0.6 is 0 Å². The highest BCUT2D eigenvalue weighted by Gasteiger charge is 2.29. The maximum Gasteiger partial charge on any atom is 0.246 e. The summed E-state index contributed by atoms with van der Waals surface area (Å²) in [6.45, 7) is 2.08. The Balaban J connectivity index is 1.69. The summed E-state index contributed by atoms with van der Waals surface area (Å²) < 4.78 is 26.2. The summed E-state index contributed by atoms with van der Waals surface area (Å²) in [7, 11) is -3.46. The quantitative estimate of drug-likeness (QED) is 0.868. The van der Waals surface area contributed by atoms with Crippen molar-refractivity contribution in [2.75, 3.05) is 31.1 Å². The van der Waals surface area contributed by atoms with Crippen molar-refractivity contribution in [3.05, 3.63) is 36.7 Å². The van der Waals surface area contributed by atoms with Gasteiger partial charge in [0.15, 0.2) is 0 Å². The van der Waals surface area contributed by atoms with E-state index in [1.54, 1.807) is 12.1 Å². The van der Waals surface area contributed by atoms with Crippen molar-refractivity contribution in [2.45, 2.75) is 4.90 Å². The van der Waals surface area contributed by atoms with Crippen molar-refractivity contribution in [1.29, 1.82) is 0 Å². The van der Waals surface area contributed by atoms with Crippen LogP contribution in [0.15, 0.2) is 41.6 Å². The van der Waals surface area contributed by atoms with Gasteiger partial charge in [0.25, 0.3) is 0 Å². The number of piperazine rings is 1. The van der Waals surface area contributed by atoms with Crippen molar-refractivity contribution in [1.82, 2.24) is 14.5 Å². The highest BCUT2D eigenvalue weighted by molar-refractivity contribution is 7.89. The van der Waals surface area contributed by atoms with Crippen LogP contribution in [0.4, 0.5) is 5.69 Å². The molecule has 1 aliphatic rings. The maximum atomic E-state index is 12.4. The second kappa shape index (κ2) is 5.38. The van der Waals surface area contributed by atoms with Crippen LogP contribution in [-0.2, 0) is 10.0 Å². The Kier molecular flexibility index (Phi) is 3.56. The summed E-state index contributed by atoms with van der Waals surface area (Å²) in [5.74, 6) is 0.222. The Morgan fingerprint density at radius 3 is 2.33 bits per heavy atom. The molecule has 0 unspecified atom stereocenters. The second-order valence-electron chi connectivity index (χ2n) is 4.84. The number of aromatic nitrogens is 2. The molecular weight excluding hydrogens is 292 g/mol. The molecule has 1 aromatic carbocycles. The zero-order valence-corrected chi connectivity index (χ0v) is 12.1. The molecule has 2 heterocycles. The second-order valence-corrected chi connectivity index (χ2v) is 6.78. The van der Waals surface area contributed by atoms with E-state index in [2.05, 4.69) is 15.1 Å². The van der Waals surface area contributed by atoms with E-state index in [-0.39, 0.29) is 10.6 Å². The van der Waals surface area contributed by atoms with E-state index in [1.807, 2.05) is 12.1 Å². The van der Waals surface area contributed by atoms with E-state index in [1.165, 1.54) is 16.7 Å². The third kappa shape index (κ3) is 2.72. The third-order valence-corrected chi connectivity index (χ3v) is 5.43. The molecular formula is C13H16N4O3S. The Labute approximate surface area is 122 Å². The molecule has 2 N–H and O–H groups in total. The number of hydrogen-bond donors (Lipinski definition) is 2. The largest absolute Gasteiger partial charge is 0.508 e. The molecule has 2 aromatic rings. The fourth-order valence-electron chi connectivity index (χ4n) is 2.38. The van der Waals surface area contributed by atoms with Gasteiger partial charge in [0.1, 0.15) is 10.6 Å². The molecule has 1 fully saturated rings. The van der Waals surface area contributed by atoms with E-state index in [0.29, 0.717) is 26.2 Å². The molecule has 1 saturated heterocycles. The average Bonchev–Trinajstić information content (AvgIpc) is 3.03. The highest BCUT2D eigenvalue weighted by atomic mass is 32.2. The number of H-pyrrole nitrogens is 1. The molecule has 0 aliphatic carbocycles. The fourth-order valence-corrected chi connectivity index (χ4v) is 3.71. The number of hydrogen-bond acceptors (Lipinski definition) is 5. The minimum atomic E-state index is -3.46. The summed E-state index contributed by atoms with van der Waals surface area (Å²) in [6.07, 6.45) is 2.71. The zero-order valence-electron chi connectivity index (χ0n) is 11.3. The van der Waals surface area contributed by atoms with Crippen molar-refractivity contribution < 1.29 is 13.5 Å². The van der Waals surface area contributed by atoms with Gasteiger partial charge in [0, 0.05) is 38.1 Å². The lowest BCUT2D eigenvalue weighted by atomic mass is 10.2. The molecule has 3 rings (SSSR count). The average molecular weight is 308 g/mol. The molecule has 112 valence electrons. The monoisotopic (exact) mass is 308 g/mol.